The topological polar surface area (TPSA) is 69.2 Å². The number of hydrogen-bond acceptors (Lipinski definition) is 3. The molecule has 0 fully saturated rings. The molecule has 0 saturated carbocycles. The Morgan fingerprint density at radius 3 is 2.84 bits per heavy atom. The number of nitrogens with zero attached hydrogens (tertiary/aromatic N) is 2. The van der Waals surface area contributed by atoms with Crippen molar-refractivity contribution in [2.45, 2.75) is 26.1 Å². The van der Waals surface area contributed by atoms with Gasteiger partial charge < -0.3 is 5.11 Å². The van der Waals surface area contributed by atoms with Crippen LogP contribution in [-0.2, 0) is 30.8 Å². The van der Waals surface area contributed by atoms with Crippen LogP contribution in [0.25, 0.3) is 0 Å². The maximum Gasteiger partial charge on any atom is 0.309 e. The molecule has 0 atom stereocenters. The second-order valence-electron chi connectivity index (χ2n) is 4.83. The summed E-state index contributed by atoms with van der Waals surface area (Å²) in [5, 5.41) is 15.9. The lowest BCUT2D eigenvalue weighted by atomic mass is 10.1. The van der Waals surface area contributed by atoms with Crippen molar-refractivity contribution in [3.63, 3.8) is 0 Å². The van der Waals surface area contributed by atoms with E-state index in [2.05, 4.69) is 27.2 Å². The number of fused-ring (bicyclic) bond motifs is 1. The Balaban J connectivity index is 1.71. The number of carbonyl (C=O) groups is 1. The van der Waals surface area contributed by atoms with Gasteiger partial charge in [-0.25, -0.2) is 0 Å². The van der Waals surface area contributed by atoms with E-state index in [-0.39, 0.29) is 6.42 Å². The van der Waals surface area contributed by atoms with Gasteiger partial charge in [-0.05, 0) is 5.56 Å². The predicted molar refractivity (Wildman–Crippen MR) is 69.3 cm³/mol. The Labute approximate surface area is 110 Å². The van der Waals surface area contributed by atoms with Crippen molar-refractivity contribution in [2.75, 3.05) is 0 Å². The lowest BCUT2D eigenvalue weighted by molar-refractivity contribution is -0.136. The van der Waals surface area contributed by atoms with Gasteiger partial charge in [0.1, 0.15) is 0 Å². The number of H-pyrrole nitrogens is 1. The van der Waals surface area contributed by atoms with E-state index in [4.69, 9.17) is 5.11 Å². The Hall–Kier alpha value is -2.14. The lowest BCUT2D eigenvalue weighted by Gasteiger charge is -2.14. The van der Waals surface area contributed by atoms with Gasteiger partial charge in [-0.1, -0.05) is 30.3 Å². The van der Waals surface area contributed by atoms with Crippen LogP contribution in [0.2, 0.25) is 0 Å². The highest BCUT2D eigenvalue weighted by molar-refractivity contribution is 5.70. The number of aromatic nitrogens is 2. The van der Waals surface area contributed by atoms with E-state index in [1.54, 1.807) is 0 Å². The van der Waals surface area contributed by atoms with Crippen LogP contribution in [0.5, 0.6) is 0 Å². The minimum atomic E-state index is -0.837. The highest BCUT2D eigenvalue weighted by Gasteiger charge is 2.25. The summed E-state index contributed by atoms with van der Waals surface area (Å²) in [5.41, 5.74) is 4.03. The SMILES string of the molecule is O=C(O)Cc1n[nH]c2c1CN(Cc1ccccc1)C2. The molecule has 1 aromatic heterocycles. The zero-order valence-electron chi connectivity index (χ0n) is 10.5. The van der Waals surface area contributed by atoms with E-state index in [0.717, 1.165) is 30.9 Å². The average molecular weight is 257 g/mol. The first kappa shape index (κ1) is 11.9. The van der Waals surface area contributed by atoms with Crippen LogP contribution in [-0.4, -0.2) is 26.2 Å². The molecular weight excluding hydrogens is 242 g/mol. The first-order valence-electron chi connectivity index (χ1n) is 6.25. The number of carboxylic acid groups (broad SMARTS) is 1. The minimum absolute atomic E-state index is 0.00892. The molecule has 98 valence electrons. The Kier molecular flexibility index (Phi) is 3.05. The molecule has 1 aromatic carbocycles. The fraction of sp³-hybridized carbons (Fsp3) is 0.286. The highest BCUT2D eigenvalue weighted by atomic mass is 16.4. The molecule has 0 bridgehead atoms. The number of aliphatic carboxylic acids is 1. The second kappa shape index (κ2) is 4.85. The van der Waals surface area contributed by atoms with Crippen molar-refractivity contribution in [3.05, 3.63) is 52.8 Å². The van der Waals surface area contributed by atoms with Crippen LogP contribution in [0.15, 0.2) is 30.3 Å². The minimum Gasteiger partial charge on any atom is -0.481 e. The van der Waals surface area contributed by atoms with Crippen LogP contribution in [0.4, 0.5) is 0 Å². The van der Waals surface area contributed by atoms with E-state index in [1.807, 2.05) is 18.2 Å². The number of hydrogen-bond donors (Lipinski definition) is 2. The van der Waals surface area contributed by atoms with Crippen LogP contribution in [0, 0.1) is 0 Å². The van der Waals surface area contributed by atoms with Crippen molar-refractivity contribution in [1.29, 1.82) is 0 Å². The van der Waals surface area contributed by atoms with Gasteiger partial charge in [0.05, 0.1) is 17.8 Å². The number of benzene rings is 1. The van der Waals surface area contributed by atoms with Gasteiger partial charge in [0.15, 0.2) is 0 Å². The molecule has 5 heteroatoms. The van der Waals surface area contributed by atoms with Crippen molar-refractivity contribution in [3.8, 4) is 0 Å². The molecule has 0 radical (unpaired) electrons. The zero-order valence-corrected chi connectivity index (χ0v) is 10.5. The molecule has 3 rings (SSSR count). The van der Waals surface area contributed by atoms with Gasteiger partial charge in [0, 0.05) is 25.2 Å². The third-order valence-corrected chi connectivity index (χ3v) is 3.37. The van der Waals surface area contributed by atoms with Crippen LogP contribution in [0.3, 0.4) is 0 Å². The highest BCUT2D eigenvalue weighted by Crippen LogP contribution is 2.25. The molecule has 0 amide bonds. The zero-order chi connectivity index (χ0) is 13.2. The maximum atomic E-state index is 10.8. The lowest BCUT2D eigenvalue weighted by Crippen LogP contribution is -2.17. The molecule has 0 spiro atoms. The van der Waals surface area contributed by atoms with Gasteiger partial charge in [-0.2, -0.15) is 5.10 Å². The monoisotopic (exact) mass is 257 g/mol. The van der Waals surface area contributed by atoms with Crippen LogP contribution >= 0.6 is 0 Å². The fourth-order valence-electron chi connectivity index (χ4n) is 2.51. The summed E-state index contributed by atoms with van der Waals surface area (Å²) in [7, 11) is 0. The van der Waals surface area contributed by atoms with Gasteiger partial charge in [0.2, 0.25) is 0 Å². The van der Waals surface area contributed by atoms with Crippen molar-refractivity contribution in [2.24, 2.45) is 0 Å². The molecule has 1 aliphatic rings. The first-order chi connectivity index (χ1) is 9.22. The predicted octanol–water partition coefficient (Wildman–Crippen LogP) is 1.55. The molecule has 0 unspecified atom stereocenters. The van der Waals surface area contributed by atoms with Crippen molar-refractivity contribution >= 4 is 5.97 Å². The smallest absolute Gasteiger partial charge is 0.309 e. The molecule has 2 heterocycles. The van der Waals surface area contributed by atoms with Crippen LogP contribution < -0.4 is 0 Å². The molecule has 2 aromatic rings. The average Bonchev–Trinajstić information content (AvgIpc) is 2.92. The van der Waals surface area contributed by atoms with E-state index in [0.29, 0.717) is 5.69 Å². The summed E-state index contributed by atoms with van der Waals surface area (Å²) < 4.78 is 0. The maximum absolute atomic E-state index is 10.8. The first-order valence-corrected chi connectivity index (χ1v) is 6.25. The third-order valence-electron chi connectivity index (χ3n) is 3.37. The summed E-state index contributed by atoms with van der Waals surface area (Å²) in [5.74, 6) is -0.837. The van der Waals surface area contributed by atoms with Crippen molar-refractivity contribution < 1.29 is 9.90 Å². The molecular formula is C14H15N3O2. The standard InChI is InChI=1S/C14H15N3O2/c18-14(19)6-12-11-8-17(9-13(11)16-15-12)7-10-4-2-1-3-5-10/h1-5H,6-9H2,(H,15,16)(H,18,19). The van der Waals surface area contributed by atoms with E-state index in [9.17, 15) is 4.79 Å². The number of nitrogens with one attached hydrogen (secondary N) is 1. The third kappa shape index (κ3) is 2.51. The van der Waals surface area contributed by atoms with Gasteiger partial charge in [0.25, 0.3) is 0 Å². The molecule has 1 aliphatic heterocycles. The van der Waals surface area contributed by atoms with Crippen LogP contribution in [0.1, 0.15) is 22.5 Å². The Morgan fingerprint density at radius 1 is 1.32 bits per heavy atom. The second-order valence-corrected chi connectivity index (χ2v) is 4.83. The largest absolute Gasteiger partial charge is 0.481 e. The summed E-state index contributed by atoms with van der Waals surface area (Å²) in [6.07, 6.45) is -0.00892. The molecule has 0 saturated heterocycles. The quantitative estimate of drug-likeness (QED) is 0.872. The molecule has 2 N–H and O–H groups in total. The summed E-state index contributed by atoms with van der Waals surface area (Å²) >= 11 is 0. The fourth-order valence-corrected chi connectivity index (χ4v) is 2.51. The van der Waals surface area contributed by atoms with Crippen molar-refractivity contribution in [1.82, 2.24) is 15.1 Å². The molecule has 0 aliphatic carbocycles. The number of aromatic amines is 1. The normalized spacial score (nSPS) is 14.5. The number of rotatable bonds is 4. The molecule has 19 heavy (non-hydrogen) atoms. The molecule has 5 nitrogen and oxygen atoms in total. The number of carboxylic acids is 1. The van der Waals surface area contributed by atoms with Gasteiger partial charge in [-0.3, -0.25) is 14.8 Å². The summed E-state index contributed by atoms with van der Waals surface area (Å²) in [6.45, 7) is 2.44. The Morgan fingerprint density at radius 2 is 2.11 bits per heavy atom. The van der Waals surface area contributed by atoms with E-state index < -0.39 is 5.97 Å². The van der Waals surface area contributed by atoms with E-state index in [1.165, 1.54) is 5.56 Å². The Bertz CT molecular complexity index is 592. The van der Waals surface area contributed by atoms with Gasteiger partial charge in [-0.15, -0.1) is 0 Å². The van der Waals surface area contributed by atoms with Gasteiger partial charge >= 0.3 is 5.97 Å². The summed E-state index contributed by atoms with van der Waals surface area (Å²) in [6, 6.07) is 10.3. The summed E-state index contributed by atoms with van der Waals surface area (Å²) in [4.78, 5) is 13.1. The van der Waals surface area contributed by atoms with E-state index >= 15 is 0 Å².